The third-order valence-electron chi connectivity index (χ3n) is 3.61. The van der Waals surface area contributed by atoms with Gasteiger partial charge < -0.3 is 4.74 Å². The largest absolute Gasteiger partial charge is 0.377 e. The van der Waals surface area contributed by atoms with E-state index in [2.05, 4.69) is 4.98 Å². The molecule has 2 unspecified atom stereocenters. The molecule has 20 heavy (non-hydrogen) atoms. The summed E-state index contributed by atoms with van der Waals surface area (Å²) >= 11 is 7.36. The standard InChI is InChI=1S/C11H14ClN3O3S2/c1-7-8(3-5-18-7)14(2)20(16,17)10-9(12)13-11-15(10)4-6-19-11/h4,6-8H,3,5H2,1-2H3. The number of nitrogens with zero attached hydrogens (tertiary/aromatic N) is 3. The second-order valence-electron chi connectivity index (χ2n) is 4.72. The summed E-state index contributed by atoms with van der Waals surface area (Å²) in [6.45, 7) is 2.45. The number of halogens is 1. The van der Waals surface area contributed by atoms with Crippen LogP contribution in [0.15, 0.2) is 16.6 Å². The number of thiazole rings is 1. The van der Waals surface area contributed by atoms with E-state index in [9.17, 15) is 8.42 Å². The summed E-state index contributed by atoms with van der Waals surface area (Å²) in [5.41, 5.74) is 0. The smallest absolute Gasteiger partial charge is 0.262 e. The lowest BCUT2D eigenvalue weighted by molar-refractivity contribution is 0.102. The number of fused-ring (bicyclic) bond motifs is 1. The van der Waals surface area contributed by atoms with Gasteiger partial charge in [-0.05, 0) is 13.3 Å². The maximum atomic E-state index is 12.8. The van der Waals surface area contributed by atoms with Crippen LogP contribution in [0.4, 0.5) is 0 Å². The minimum Gasteiger partial charge on any atom is -0.377 e. The molecule has 2 aromatic heterocycles. The molecular formula is C11H14ClN3O3S2. The zero-order valence-electron chi connectivity index (χ0n) is 11.0. The first-order chi connectivity index (χ1) is 9.43. The predicted octanol–water partition coefficient (Wildman–Crippen LogP) is 1.85. The Labute approximate surface area is 126 Å². The molecular weight excluding hydrogens is 322 g/mol. The fraction of sp³-hybridized carbons (Fsp3) is 0.545. The SMILES string of the molecule is CC1OCCC1N(C)S(=O)(=O)c1c(Cl)nc2sccn12. The van der Waals surface area contributed by atoms with Crippen molar-refractivity contribution < 1.29 is 13.2 Å². The van der Waals surface area contributed by atoms with Gasteiger partial charge in [-0.3, -0.25) is 4.40 Å². The second kappa shape index (κ2) is 4.96. The van der Waals surface area contributed by atoms with Gasteiger partial charge >= 0.3 is 0 Å². The van der Waals surface area contributed by atoms with Crippen LogP contribution in [-0.4, -0.2) is 47.9 Å². The number of imidazole rings is 1. The third-order valence-corrected chi connectivity index (χ3v) is 6.65. The third kappa shape index (κ3) is 2.06. The zero-order chi connectivity index (χ0) is 14.5. The van der Waals surface area contributed by atoms with E-state index in [1.165, 1.54) is 20.0 Å². The van der Waals surface area contributed by atoms with Crippen LogP contribution >= 0.6 is 22.9 Å². The highest BCUT2D eigenvalue weighted by Gasteiger charge is 2.38. The number of sulfonamides is 1. The molecule has 2 aromatic rings. The molecule has 3 heterocycles. The second-order valence-corrected chi connectivity index (χ2v) is 7.86. The van der Waals surface area contributed by atoms with Crippen LogP contribution in [0.25, 0.3) is 4.96 Å². The summed E-state index contributed by atoms with van der Waals surface area (Å²) in [7, 11) is -2.15. The maximum absolute atomic E-state index is 12.8. The summed E-state index contributed by atoms with van der Waals surface area (Å²) in [6, 6.07) is -0.180. The lowest BCUT2D eigenvalue weighted by Gasteiger charge is -2.25. The summed E-state index contributed by atoms with van der Waals surface area (Å²) < 4.78 is 33.9. The first kappa shape index (κ1) is 14.3. The normalized spacial score (nSPS) is 24.0. The Morgan fingerprint density at radius 3 is 3.00 bits per heavy atom. The molecule has 1 aliphatic rings. The molecule has 0 radical (unpaired) electrons. The number of hydrogen-bond acceptors (Lipinski definition) is 5. The molecule has 1 fully saturated rings. The van der Waals surface area contributed by atoms with Gasteiger partial charge in [0.2, 0.25) is 0 Å². The monoisotopic (exact) mass is 335 g/mol. The molecule has 6 nitrogen and oxygen atoms in total. The van der Waals surface area contributed by atoms with Crippen LogP contribution in [0.3, 0.4) is 0 Å². The molecule has 0 N–H and O–H groups in total. The number of rotatable bonds is 3. The molecule has 0 bridgehead atoms. The number of ether oxygens (including phenoxy) is 1. The van der Waals surface area contributed by atoms with Crippen molar-refractivity contribution in [3.8, 4) is 0 Å². The minimum absolute atomic E-state index is 0.00951. The van der Waals surface area contributed by atoms with Crippen LogP contribution in [0.2, 0.25) is 5.15 Å². The Kier molecular flexibility index (Phi) is 3.54. The Hall–Kier alpha value is -0.670. The highest BCUT2D eigenvalue weighted by molar-refractivity contribution is 7.89. The van der Waals surface area contributed by atoms with Crippen LogP contribution in [0, 0.1) is 0 Å². The lowest BCUT2D eigenvalue weighted by Crippen LogP contribution is -2.41. The van der Waals surface area contributed by atoms with E-state index in [4.69, 9.17) is 16.3 Å². The first-order valence-corrected chi connectivity index (χ1v) is 8.83. The molecule has 110 valence electrons. The Bertz CT molecular complexity index is 739. The van der Waals surface area contributed by atoms with Crippen molar-refractivity contribution in [1.82, 2.24) is 13.7 Å². The van der Waals surface area contributed by atoms with Crippen molar-refractivity contribution in [3.63, 3.8) is 0 Å². The van der Waals surface area contributed by atoms with Crippen molar-refractivity contribution in [2.75, 3.05) is 13.7 Å². The Balaban J connectivity index is 2.07. The van der Waals surface area contributed by atoms with Gasteiger partial charge in [0.25, 0.3) is 10.0 Å². The topological polar surface area (TPSA) is 63.9 Å². The molecule has 3 rings (SSSR count). The molecule has 0 aromatic carbocycles. The van der Waals surface area contributed by atoms with E-state index in [1.807, 2.05) is 6.92 Å². The highest BCUT2D eigenvalue weighted by atomic mass is 35.5. The molecule has 0 amide bonds. The van der Waals surface area contributed by atoms with Gasteiger partial charge in [0, 0.05) is 25.2 Å². The first-order valence-electron chi connectivity index (χ1n) is 6.13. The van der Waals surface area contributed by atoms with E-state index in [-0.39, 0.29) is 22.3 Å². The van der Waals surface area contributed by atoms with Gasteiger partial charge in [-0.15, -0.1) is 11.3 Å². The lowest BCUT2D eigenvalue weighted by atomic mass is 10.2. The van der Waals surface area contributed by atoms with E-state index < -0.39 is 10.0 Å². The maximum Gasteiger partial charge on any atom is 0.262 e. The fourth-order valence-corrected chi connectivity index (χ4v) is 5.33. The van der Waals surface area contributed by atoms with Crippen LogP contribution < -0.4 is 0 Å². The molecule has 0 aliphatic carbocycles. The number of aromatic nitrogens is 2. The van der Waals surface area contributed by atoms with E-state index in [1.54, 1.807) is 18.6 Å². The van der Waals surface area contributed by atoms with Crippen molar-refractivity contribution in [3.05, 3.63) is 16.7 Å². The van der Waals surface area contributed by atoms with E-state index in [0.29, 0.717) is 18.0 Å². The van der Waals surface area contributed by atoms with Gasteiger partial charge in [0.1, 0.15) is 0 Å². The van der Waals surface area contributed by atoms with Gasteiger partial charge in [-0.1, -0.05) is 11.6 Å². The zero-order valence-corrected chi connectivity index (χ0v) is 13.4. The molecule has 1 aliphatic heterocycles. The highest BCUT2D eigenvalue weighted by Crippen LogP contribution is 2.30. The van der Waals surface area contributed by atoms with Gasteiger partial charge in [0.05, 0.1) is 12.1 Å². The predicted molar refractivity (Wildman–Crippen MR) is 76.8 cm³/mol. The summed E-state index contributed by atoms with van der Waals surface area (Å²) in [5, 5.41) is 1.81. The van der Waals surface area contributed by atoms with Crippen LogP contribution in [-0.2, 0) is 14.8 Å². The number of hydrogen-bond donors (Lipinski definition) is 0. The minimum atomic E-state index is -3.71. The quantitative estimate of drug-likeness (QED) is 0.858. The van der Waals surface area contributed by atoms with E-state index >= 15 is 0 Å². The van der Waals surface area contributed by atoms with Crippen LogP contribution in [0.5, 0.6) is 0 Å². The molecule has 9 heteroatoms. The Morgan fingerprint density at radius 2 is 2.35 bits per heavy atom. The van der Waals surface area contributed by atoms with Crippen molar-refractivity contribution in [2.45, 2.75) is 30.5 Å². The molecule has 0 saturated carbocycles. The van der Waals surface area contributed by atoms with Gasteiger partial charge in [-0.25, -0.2) is 13.4 Å². The van der Waals surface area contributed by atoms with Crippen LogP contribution in [0.1, 0.15) is 13.3 Å². The molecule has 0 spiro atoms. The van der Waals surface area contributed by atoms with Gasteiger partial charge in [-0.2, -0.15) is 4.31 Å². The average Bonchev–Trinajstić information content (AvgIpc) is 3.03. The molecule has 2 atom stereocenters. The number of likely N-dealkylation sites (N-methyl/N-ethyl adjacent to an activating group) is 1. The van der Waals surface area contributed by atoms with Crippen molar-refractivity contribution >= 4 is 37.9 Å². The van der Waals surface area contributed by atoms with Gasteiger partial charge in [0.15, 0.2) is 15.1 Å². The Morgan fingerprint density at radius 1 is 1.60 bits per heavy atom. The van der Waals surface area contributed by atoms with E-state index in [0.717, 1.165) is 0 Å². The summed E-state index contributed by atoms with van der Waals surface area (Å²) in [6.07, 6.45) is 2.22. The summed E-state index contributed by atoms with van der Waals surface area (Å²) in [5.74, 6) is 0. The summed E-state index contributed by atoms with van der Waals surface area (Å²) in [4.78, 5) is 4.64. The van der Waals surface area contributed by atoms with Crippen molar-refractivity contribution in [1.29, 1.82) is 0 Å². The van der Waals surface area contributed by atoms with Crippen molar-refractivity contribution in [2.24, 2.45) is 0 Å². The fourth-order valence-electron chi connectivity index (χ4n) is 2.48. The molecule has 1 saturated heterocycles. The average molecular weight is 336 g/mol.